The maximum Gasteiger partial charge on any atom is 0.181 e. The number of Topliss-reactive ketones (excluding diaryl/α,β-unsaturated/α-hetero) is 1. The average Bonchev–Trinajstić information content (AvgIpc) is 2.48. The van der Waals surface area contributed by atoms with Crippen molar-refractivity contribution >= 4 is 33.0 Å². The first-order chi connectivity index (χ1) is 6.68. The van der Waals surface area contributed by atoms with Gasteiger partial charge in [-0.25, -0.2) is 0 Å². The molecule has 2 nitrogen and oxygen atoms in total. The van der Waals surface area contributed by atoms with Crippen LogP contribution in [0.5, 0.6) is 0 Å². The lowest BCUT2D eigenvalue weighted by Crippen LogP contribution is -2.51. The minimum atomic E-state index is -0.569. The fraction of sp³-hybridized carbons (Fsp3) is 0.545. The van der Waals surface area contributed by atoms with Gasteiger partial charge in [-0.1, -0.05) is 13.8 Å². The highest BCUT2D eigenvalue weighted by molar-refractivity contribution is 9.10. The molecule has 1 rings (SSSR count). The first-order valence-corrected chi connectivity index (χ1v) is 6.42. The molecule has 0 aliphatic heterocycles. The number of nitrogens with two attached hydrogens (primary N) is 1. The molecule has 1 heterocycles. The highest BCUT2D eigenvalue weighted by atomic mass is 79.9. The third-order valence-electron chi connectivity index (χ3n) is 3.00. The number of thiophene rings is 1. The quantitative estimate of drug-likeness (QED) is 0.866. The summed E-state index contributed by atoms with van der Waals surface area (Å²) in [6, 6.07) is 1.89. The minimum Gasteiger partial charge on any atom is -0.325 e. The van der Waals surface area contributed by atoms with Crippen LogP contribution in [0, 0.1) is 5.41 Å². The van der Waals surface area contributed by atoms with E-state index in [2.05, 4.69) is 15.9 Å². The van der Waals surface area contributed by atoms with Gasteiger partial charge in [-0.15, -0.1) is 11.3 Å². The van der Waals surface area contributed by atoms with Crippen LogP contribution in [0.1, 0.15) is 37.4 Å². The molecule has 84 valence electrons. The second-order valence-corrected chi connectivity index (χ2v) is 6.54. The Morgan fingerprint density at radius 3 is 2.27 bits per heavy atom. The molecule has 0 saturated carbocycles. The van der Waals surface area contributed by atoms with Gasteiger partial charge in [0, 0.05) is 15.4 Å². The Kier molecular flexibility index (Phi) is 3.43. The SMILES string of the molecule is CC(C)(N)C(C)(C)C(=O)c1sccc1Br. The van der Waals surface area contributed by atoms with E-state index in [1.54, 1.807) is 0 Å². The van der Waals surface area contributed by atoms with Crippen molar-refractivity contribution in [2.75, 3.05) is 0 Å². The van der Waals surface area contributed by atoms with Crippen molar-refractivity contribution in [3.8, 4) is 0 Å². The van der Waals surface area contributed by atoms with Crippen molar-refractivity contribution in [1.82, 2.24) is 0 Å². The van der Waals surface area contributed by atoms with E-state index in [0.717, 1.165) is 9.35 Å². The number of carbonyl (C=O) groups is 1. The van der Waals surface area contributed by atoms with Crippen LogP contribution >= 0.6 is 27.3 Å². The number of carbonyl (C=O) groups excluding carboxylic acids is 1. The van der Waals surface area contributed by atoms with E-state index in [9.17, 15) is 4.79 Å². The molecule has 1 aromatic heterocycles. The van der Waals surface area contributed by atoms with E-state index in [4.69, 9.17) is 5.73 Å². The molecule has 2 N–H and O–H groups in total. The van der Waals surface area contributed by atoms with Gasteiger partial charge in [0.15, 0.2) is 5.78 Å². The van der Waals surface area contributed by atoms with E-state index in [-0.39, 0.29) is 5.78 Å². The highest BCUT2D eigenvalue weighted by Gasteiger charge is 2.41. The fourth-order valence-electron chi connectivity index (χ4n) is 1.03. The molecule has 0 unspecified atom stereocenters. The number of hydrogen-bond acceptors (Lipinski definition) is 3. The normalized spacial score (nSPS) is 12.9. The van der Waals surface area contributed by atoms with E-state index >= 15 is 0 Å². The van der Waals surface area contributed by atoms with Crippen LogP contribution in [0.2, 0.25) is 0 Å². The van der Waals surface area contributed by atoms with Crippen LogP contribution in [0.25, 0.3) is 0 Å². The minimum absolute atomic E-state index is 0.0943. The molecule has 0 aliphatic rings. The molecule has 0 fully saturated rings. The zero-order valence-corrected chi connectivity index (χ0v) is 11.8. The van der Waals surface area contributed by atoms with Crippen molar-refractivity contribution in [1.29, 1.82) is 0 Å². The zero-order chi connectivity index (χ0) is 11.9. The lowest BCUT2D eigenvalue weighted by molar-refractivity contribution is 0.0739. The van der Waals surface area contributed by atoms with Gasteiger partial charge in [0.2, 0.25) is 0 Å². The van der Waals surface area contributed by atoms with Gasteiger partial charge in [-0.05, 0) is 41.2 Å². The summed E-state index contributed by atoms with van der Waals surface area (Å²) in [4.78, 5) is 13.0. The summed E-state index contributed by atoms with van der Waals surface area (Å²) < 4.78 is 0.856. The third kappa shape index (κ3) is 2.32. The number of halogens is 1. The summed E-state index contributed by atoms with van der Waals surface area (Å²) in [6.07, 6.45) is 0. The van der Waals surface area contributed by atoms with Crippen LogP contribution < -0.4 is 5.73 Å². The summed E-state index contributed by atoms with van der Waals surface area (Å²) in [6.45, 7) is 7.54. The van der Waals surface area contributed by atoms with Crippen molar-refractivity contribution in [3.63, 3.8) is 0 Å². The third-order valence-corrected chi connectivity index (χ3v) is 4.84. The Hall–Kier alpha value is -0.190. The monoisotopic (exact) mass is 289 g/mol. The highest BCUT2D eigenvalue weighted by Crippen LogP contribution is 2.36. The molecule has 4 heteroatoms. The summed E-state index contributed by atoms with van der Waals surface area (Å²) >= 11 is 4.82. The summed E-state index contributed by atoms with van der Waals surface area (Å²) in [5.41, 5.74) is 4.94. The standard InChI is InChI=1S/C11H16BrNOS/c1-10(2,11(3,4)13)9(14)8-7(12)5-6-15-8/h5-6H,13H2,1-4H3. The maximum absolute atomic E-state index is 12.3. The lowest BCUT2D eigenvalue weighted by atomic mass is 9.72. The zero-order valence-electron chi connectivity index (χ0n) is 9.43. The smallest absolute Gasteiger partial charge is 0.181 e. The Balaban J connectivity index is 3.11. The van der Waals surface area contributed by atoms with Gasteiger partial charge in [0.25, 0.3) is 0 Å². The Bertz CT molecular complexity index is 376. The molecule has 0 amide bonds. The first kappa shape index (κ1) is 12.9. The van der Waals surface area contributed by atoms with Gasteiger partial charge < -0.3 is 5.73 Å². The molecule has 0 bridgehead atoms. The van der Waals surface area contributed by atoms with Crippen molar-refractivity contribution in [2.45, 2.75) is 33.2 Å². The van der Waals surface area contributed by atoms with Crippen molar-refractivity contribution in [2.24, 2.45) is 11.1 Å². The van der Waals surface area contributed by atoms with E-state index in [0.29, 0.717) is 0 Å². The second kappa shape index (κ2) is 4.00. The van der Waals surface area contributed by atoms with E-state index < -0.39 is 11.0 Å². The first-order valence-electron chi connectivity index (χ1n) is 4.74. The number of rotatable bonds is 3. The molecule has 0 spiro atoms. The van der Waals surface area contributed by atoms with E-state index in [1.165, 1.54) is 11.3 Å². The van der Waals surface area contributed by atoms with Gasteiger partial charge in [0.1, 0.15) is 0 Å². The van der Waals surface area contributed by atoms with Crippen LogP contribution in [0.15, 0.2) is 15.9 Å². The van der Waals surface area contributed by atoms with Crippen molar-refractivity contribution < 1.29 is 4.79 Å². The number of hydrogen-bond donors (Lipinski definition) is 1. The predicted molar refractivity (Wildman–Crippen MR) is 68.4 cm³/mol. The molecule has 0 radical (unpaired) electrons. The molecule has 0 aliphatic carbocycles. The molecule has 0 saturated heterocycles. The Morgan fingerprint density at radius 1 is 1.40 bits per heavy atom. The van der Waals surface area contributed by atoms with Crippen LogP contribution in [0.3, 0.4) is 0 Å². The Morgan fingerprint density at radius 2 is 1.93 bits per heavy atom. The lowest BCUT2D eigenvalue weighted by Gasteiger charge is -2.36. The fourth-order valence-corrected chi connectivity index (χ4v) is 2.68. The van der Waals surface area contributed by atoms with Crippen LogP contribution in [0.4, 0.5) is 0 Å². The van der Waals surface area contributed by atoms with Gasteiger partial charge in [-0.3, -0.25) is 4.79 Å². The van der Waals surface area contributed by atoms with Gasteiger partial charge >= 0.3 is 0 Å². The van der Waals surface area contributed by atoms with Crippen LogP contribution in [-0.2, 0) is 0 Å². The average molecular weight is 290 g/mol. The van der Waals surface area contributed by atoms with E-state index in [1.807, 2.05) is 39.1 Å². The van der Waals surface area contributed by atoms with Crippen molar-refractivity contribution in [3.05, 3.63) is 20.8 Å². The molecule has 0 atom stereocenters. The molecule has 1 aromatic rings. The van der Waals surface area contributed by atoms with Crippen LogP contribution in [-0.4, -0.2) is 11.3 Å². The molecule has 0 aromatic carbocycles. The maximum atomic E-state index is 12.3. The summed E-state index contributed by atoms with van der Waals surface area (Å²) in [5, 5.41) is 1.90. The molecular formula is C11H16BrNOS. The largest absolute Gasteiger partial charge is 0.325 e. The summed E-state index contributed by atoms with van der Waals surface area (Å²) in [5.74, 6) is 0.0943. The second-order valence-electron chi connectivity index (χ2n) is 4.77. The van der Waals surface area contributed by atoms with Gasteiger partial charge in [-0.2, -0.15) is 0 Å². The van der Waals surface area contributed by atoms with Gasteiger partial charge in [0.05, 0.1) is 4.88 Å². The predicted octanol–water partition coefficient (Wildman–Crippen LogP) is 3.46. The Labute approximate surface area is 103 Å². The molecule has 15 heavy (non-hydrogen) atoms. The summed E-state index contributed by atoms with van der Waals surface area (Å²) in [7, 11) is 0. The topological polar surface area (TPSA) is 43.1 Å². The number of ketones is 1. The molecular weight excluding hydrogens is 274 g/mol.